The molecule has 0 aliphatic heterocycles. The number of rotatable bonds is 2. The van der Waals surface area contributed by atoms with Crippen LogP contribution in [-0.2, 0) is 26.4 Å². The Bertz CT molecular complexity index is 288. The third-order valence-corrected chi connectivity index (χ3v) is 2.55. The summed E-state index contributed by atoms with van der Waals surface area (Å²) in [5, 5.41) is 3.13. The molecule has 0 bridgehead atoms. The zero-order valence-corrected chi connectivity index (χ0v) is 7.72. The third kappa shape index (κ3) is 1.05. The molecule has 0 fully saturated rings. The molecular weight excluding hydrogens is 150 g/mol. The lowest BCUT2D eigenvalue weighted by Crippen LogP contribution is -2.11. The number of hydrogen-bond donors (Lipinski definition) is 1. The number of fused-ring (bicyclic) bond motifs is 1. The van der Waals surface area contributed by atoms with E-state index in [-0.39, 0.29) is 0 Å². The molecule has 1 aliphatic carbocycles. The van der Waals surface area contributed by atoms with E-state index < -0.39 is 0 Å². The van der Waals surface area contributed by atoms with Crippen molar-refractivity contribution < 1.29 is 0 Å². The summed E-state index contributed by atoms with van der Waals surface area (Å²) in [4.78, 5) is 4.58. The molecule has 1 aromatic heterocycles. The summed E-state index contributed by atoms with van der Waals surface area (Å²) >= 11 is 0. The largest absolute Gasteiger partial charge is 0.334 e. The van der Waals surface area contributed by atoms with Crippen LogP contribution in [0.15, 0.2) is 0 Å². The van der Waals surface area contributed by atoms with Crippen LogP contribution in [0.1, 0.15) is 23.6 Å². The fraction of sp³-hybridized carbons (Fsp3) is 0.667. The Labute approximate surface area is 72.8 Å². The number of nitrogens with one attached hydrogen (secondary N) is 1. The molecule has 0 saturated carbocycles. The number of nitrogens with zero attached hydrogens (tertiary/aromatic N) is 2. The molecule has 1 aliphatic rings. The van der Waals surface area contributed by atoms with Crippen molar-refractivity contribution in [2.45, 2.75) is 25.8 Å². The van der Waals surface area contributed by atoms with Crippen LogP contribution in [0.4, 0.5) is 0 Å². The van der Waals surface area contributed by atoms with Gasteiger partial charge in [-0.05, 0) is 26.3 Å². The fourth-order valence-electron chi connectivity index (χ4n) is 1.90. The number of imidazole rings is 1. The molecule has 1 N–H and O–H groups in total. The minimum atomic E-state index is 0.878. The second kappa shape index (κ2) is 2.90. The molecule has 0 radical (unpaired) electrons. The molecule has 3 heteroatoms. The van der Waals surface area contributed by atoms with Gasteiger partial charge in [0, 0.05) is 12.7 Å². The SMILES string of the molecule is CNCc1nc2c(n1C)CCC2. The van der Waals surface area contributed by atoms with Crippen molar-refractivity contribution in [3.8, 4) is 0 Å². The summed E-state index contributed by atoms with van der Waals surface area (Å²) in [5.41, 5.74) is 2.77. The molecule has 0 unspecified atom stereocenters. The average Bonchev–Trinajstić information content (AvgIpc) is 2.58. The maximum atomic E-state index is 4.58. The van der Waals surface area contributed by atoms with Crippen LogP contribution in [-0.4, -0.2) is 16.6 Å². The van der Waals surface area contributed by atoms with Crippen LogP contribution in [0.5, 0.6) is 0 Å². The molecule has 1 aromatic rings. The molecule has 0 saturated heterocycles. The Morgan fingerprint density at radius 1 is 1.50 bits per heavy atom. The van der Waals surface area contributed by atoms with E-state index in [1.54, 1.807) is 0 Å². The van der Waals surface area contributed by atoms with Gasteiger partial charge in [-0.1, -0.05) is 0 Å². The molecule has 0 atom stereocenters. The van der Waals surface area contributed by atoms with Crippen molar-refractivity contribution in [3.05, 3.63) is 17.2 Å². The smallest absolute Gasteiger partial charge is 0.122 e. The van der Waals surface area contributed by atoms with Gasteiger partial charge in [-0.25, -0.2) is 4.98 Å². The highest BCUT2D eigenvalue weighted by Crippen LogP contribution is 2.21. The van der Waals surface area contributed by atoms with Crippen LogP contribution in [0, 0.1) is 0 Å². The Hall–Kier alpha value is -0.830. The van der Waals surface area contributed by atoms with Gasteiger partial charge in [0.15, 0.2) is 0 Å². The van der Waals surface area contributed by atoms with E-state index in [0.29, 0.717) is 0 Å². The molecule has 0 amide bonds. The van der Waals surface area contributed by atoms with Gasteiger partial charge in [0.05, 0.1) is 12.2 Å². The van der Waals surface area contributed by atoms with Gasteiger partial charge < -0.3 is 9.88 Å². The highest BCUT2D eigenvalue weighted by Gasteiger charge is 2.18. The molecule has 12 heavy (non-hydrogen) atoms. The van der Waals surface area contributed by atoms with Gasteiger partial charge in [-0.3, -0.25) is 0 Å². The van der Waals surface area contributed by atoms with E-state index in [0.717, 1.165) is 6.54 Å². The summed E-state index contributed by atoms with van der Waals surface area (Å²) in [6.45, 7) is 0.878. The highest BCUT2D eigenvalue weighted by molar-refractivity contribution is 5.21. The first kappa shape index (κ1) is 7.80. The second-order valence-electron chi connectivity index (χ2n) is 3.36. The molecule has 1 heterocycles. The van der Waals surface area contributed by atoms with Crippen molar-refractivity contribution in [2.24, 2.45) is 7.05 Å². The summed E-state index contributed by atoms with van der Waals surface area (Å²) in [7, 11) is 4.07. The van der Waals surface area contributed by atoms with Crippen molar-refractivity contribution in [3.63, 3.8) is 0 Å². The Morgan fingerprint density at radius 2 is 2.33 bits per heavy atom. The van der Waals surface area contributed by atoms with E-state index in [4.69, 9.17) is 0 Å². The molecule has 0 spiro atoms. The summed E-state index contributed by atoms with van der Waals surface area (Å²) < 4.78 is 2.23. The van der Waals surface area contributed by atoms with E-state index in [1.165, 1.54) is 36.5 Å². The first-order chi connectivity index (χ1) is 5.83. The molecule has 66 valence electrons. The molecule has 0 aromatic carbocycles. The summed E-state index contributed by atoms with van der Waals surface area (Å²) in [6.07, 6.45) is 3.67. The lowest BCUT2D eigenvalue weighted by molar-refractivity contribution is 0.681. The first-order valence-electron chi connectivity index (χ1n) is 4.51. The summed E-state index contributed by atoms with van der Waals surface area (Å²) in [5.74, 6) is 1.17. The van der Waals surface area contributed by atoms with Gasteiger partial charge in [0.1, 0.15) is 5.82 Å². The lowest BCUT2D eigenvalue weighted by atomic mass is 10.3. The minimum absolute atomic E-state index is 0.878. The molecular formula is C9H15N3. The zero-order chi connectivity index (χ0) is 8.55. The lowest BCUT2D eigenvalue weighted by Gasteiger charge is -2.02. The van der Waals surface area contributed by atoms with Gasteiger partial charge in [-0.2, -0.15) is 0 Å². The van der Waals surface area contributed by atoms with Crippen molar-refractivity contribution in [1.29, 1.82) is 0 Å². The Morgan fingerprint density at radius 3 is 3.00 bits per heavy atom. The van der Waals surface area contributed by atoms with Crippen LogP contribution in [0.25, 0.3) is 0 Å². The average molecular weight is 165 g/mol. The quantitative estimate of drug-likeness (QED) is 0.696. The summed E-state index contributed by atoms with van der Waals surface area (Å²) in [6, 6.07) is 0. The molecule has 3 nitrogen and oxygen atoms in total. The zero-order valence-electron chi connectivity index (χ0n) is 7.72. The van der Waals surface area contributed by atoms with E-state index in [2.05, 4.69) is 21.9 Å². The van der Waals surface area contributed by atoms with Gasteiger partial charge in [0.2, 0.25) is 0 Å². The predicted molar refractivity (Wildman–Crippen MR) is 48.0 cm³/mol. The topological polar surface area (TPSA) is 29.9 Å². The fourth-order valence-corrected chi connectivity index (χ4v) is 1.90. The maximum absolute atomic E-state index is 4.58. The normalized spacial score (nSPS) is 15.2. The minimum Gasteiger partial charge on any atom is -0.334 e. The Balaban J connectivity index is 2.34. The van der Waals surface area contributed by atoms with Crippen LogP contribution >= 0.6 is 0 Å². The number of aromatic nitrogens is 2. The third-order valence-electron chi connectivity index (χ3n) is 2.55. The molecule has 2 rings (SSSR count). The van der Waals surface area contributed by atoms with E-state index in [9.17, 15) is 0 Å². The van der Waals surface area contributed by atoms with Gasteiger partial charge in [0.25, 0.3) is 0 Å². The second-order valence-corrected chi connectivity index (χ2v) is 3.36. The first-order valence-corrected chi connectivity index (χ1v) is 4.51. The highest BCUT2D eigenvalue weighted by atomic mass is 15.1. The van der Waals surface area contributed by atoms with Crippen molar-refractivity contribution in [1.82, 2.24) is 14.9 Å². The Kier molecular flexibility index (Phi) is 1.89. The van der Waals surface area contributed by atoms with Gasteiger partial charge >= 0.3 is 0 Å². The number of hydrogen-bond acceptors (Lipinski definition) is 2. The standard InChI is InChI=1S/C9H15N3/c1-10-6-9-11-7-4-3-5-8(7)12(9)2/h10H,3-6H2,1-2H3. The maximum Gasteiger partial charge on any atom is 0.122 e. The number of aryl methyl sites for hydroxylation is 1. The van der Waals surface area contributed by atoms with E-state index >= 15 is 0 Å². The monoisotopic (exact) mass is 165 g/mol. The van der Waals surface area contributed by atoms with Crippen LogP contribution < -0.4 is 5.32 Å². The van der Waals surface area contributed by atoms with Crippen molar-refractivity contribution >= 4 is 0 Å². The van der Waals surface area contributed by atoms with Crippen molar-refractivity contribution in [2.75, 3.05) is 7.05 Å². The van der Waals surface area contributed by atoms with Gasteiger partial charge in [-0.15, -0.1) is 0 Å². The van der Waals surface area contributed by atoms with E-state index in [1.807, 2.05) is 7.05 Å². The van der Waals surface area contributed by atoms with Crippen LogP contribution in [0.3, 0.4) is 0 Å². The predicted octanol–water partition coefficient (Wildman–Crippen LogP) is 0.628. The van der Waals surface area contributed by atoms with Crippen LogP contribution in [0.2, 0.25) is 0 Å².